The topological polar surface area (TPSA) is 26.3 Å². The van der Waals surface area contributed by atoms with Crippen molar-refractivity contribution >= 4 is 5.97 Å². The molecule has 0 amide bonds. The Morgan fingerprint density at radius 3 is 2.56 bits per heavy atom. The van der Waals surface area contributed by atoms with Crippen LogP contribution in [0.4, 0.5) is 0 Å². The molecule has 1 aromatic rings. The SMILES string of the molecule is CCCCCC(=O)OCCCCc1ccccc1. The van der Waals surface area contributed by atoms with Crippen LogP contribution in [0.2, 0.25) is 0 Å². The fourth-order valence-electron chi connectivity index (χ4n) is 1.85. The average Bonchev–Trinajstić information content (AvgIpc) is 2.40. The molecule has 1 rings (SSSR count). The second-order valence-corrected chi connectivity index (χ2v) is 4.62. The summed E-state index contributed by atoms with van der Waals surface area (Å²) in [6, 6.07) is 10.4. The maximum atomic E-state index is 11.3. The van der Waals surface area contributed by atoms with Gasteiger partial charge in [0.1, 0.15) is 0 Å². The number of carbonyl (C=O) groups is 1. The Hall–Kier alpha value is -1.31. The maximum Gasteiger partial charge on any atom is 0.305 e. The minimum Gasteiger partial charge on any atom is -0.466 e. The van der Waals surface area contributed by atoms with Gasteiger partial charge in [-0.3, -0.25) is 4.79 Å². The molecule has 0 bridgehead atoms. The van der Waals surface area contributed by atoms with Crippen LogP contribution in [0.5, 0.6) is 0 Å². The van der Waals surface area contributed by atoms with Crippen LogP contribution in [-0.4, -0.2) is 12.6 Å². The van der Waals surface area contributed by atoms with Crippen molar-refractivity contribution in [2.45, 2.75) is 51.9 Å². The highest BCUT2D eigenvalue weighted by Crippen LogP contribution is 2.05. The van der Waals surface area contributed by atoms with Gasteiger partial charge < -0.3 is 4.74 Å². The molecule has 0 aliphatic heterocycles. The summed E-state index contributed by atoms with van der Waals surface area (Å²) in [6.45, 7) is 2.70. The predicted molar refractivity (Wildman–Crippen MR) is 74.5 cm³/mol. The monoisotopic (exact) mass is 248 g/mol. The van der Waals surface area contributed by atoms with Crippen LogP contribution < -0.4 is 0 Å². The van der Waals surface area contributed by atoms with E-state index in [1.54, 1.807) is 0 Å². The zero-order valence-electron chi connectivity index (χ0n) is 11.4. The van der Waals surface area contributed by atoms with E-state index in [2.05, 4.69) is 31.2 Å². The summed E-state index contributed by atoms with van der Waals surface area (Å²) >= 11 is 0. The molecule has 0 atom stereocenters. The molecule has 0 saturated heterocycles. The van der Waals surface area contributed by atoms with E-state index in [1.807, 2.05) is 6.07 Å². The van der Waals surface area contributed by atoms with Gasteiger partial charge in [0, 0.05) is 6.42 Å². The van der Waals surface area contributed by atoms with E-state index in [1.165, 1.54) is 5.56 Å². The van der Waals surface area contributed by atoms with E-state index >= 15 is 0 Å². The minimum absolute atomic E-state index is 0.0387. The lowest BCUT2D eigenvalue weighted by atomic mass is 10.1. The highest BCUT2D eigenvalue weighted by Gasteiger charge is 2.01. The summed E-state index contributed by atoms with van der Waals surface area (Å²) in [5.74, 6) is -0.0387. The molecule has 0 saturated carbocycles. The first-order valence-electron chi connectivity index (χ1n) is 7.02. The van der Waals surface area contributed by atoms with Gasteiger partial charge in [0.2, 0.25) is 0 Å². The molecular weight excluding hydrogens is 224 g/mol. The average molecular weight is 248 g/mol. The van der Waals surface area contributed by atoms with Gasteiger partial charge in [0.05, 0.1) is 6.61 Å². The molecule has 18 heavy (non-hydrogen) atoms. The molecule has 2 heteroatoms. The third-order valence-electron chi connectivity index (χ3n) is 2.95. The van der Waals surface area contributed by atoms with Gasteiger partial charge in [-0.2, -0.15) is 0 Å². The lowest BCUT2D eigenvalue weighted by molar-refractivity contribution is -0.143. The second-order valence-electron chi connectivity index (χ2n) is 4.62. The van der Waals surface area contributed by atoms with Crippen LogP contribution >= 0.6 is 0 Å². The van der Waals surface area contributed by atoms with Gasteiger partial charge in [0.15, 0.2) is 0 Å². The Labute approximate surface area is 110 Å². The first-order valence-corrected chi connectivity index (χ1v) is 7.02. The van der Waals surface area contributed by atoms with Crippen LogP contribution in [0.1, 0.15) is 51.0 Å². The van der Waals surface area contributed by atoms with E-state index in [9.17, 15) is 4.79 Å². The number of aryl methyl sites for hydroxylation is 1. The molecule has 0 spiro atoms. The summed E-state index contributed by atoms with van der Waals surface area (Å²) in [6.07, 6.45) is 6.88. The third-order valence-corrected chi connectivity index (χ3v) is 2.95. The lowest BCUT2D eigenvalue weighted by Gasteiger charge is -2.04. The number of benzene rings is 1. The zero-order valence-corrected chi connectivity index (χ0v) is 11.4. The van der Waals surface area contributed by atoms with Crippen LogP contribution in [0.15, 0.2) is 30.3 Å². The van der Waals surface area contributed by atoms with E-state index in [0.717, 1.165) is 38.5 Å². The molecule has 0 radical (unpaired) electrons. The molecule has 0 heterocycles. The largest absolute Gasteiger partial charge is 0.466 e. The molecule has 0 aromatic heterocycles. The van der Waals surface area contributed by atoms with Crippen molar-refractivity contribution in [3.8, 4) is 0 Å². The Morgan fingerprint density at radius 1 is 1.06 bits per heavy atom. The summed E-state index contributed by atoms with van der Waals surface area (Å²) in [7, 11) is 0. The Balaban J connectivity index is 1.97. The summed E-state index contributed by atoms with van der Waals surface area (Å²) < 4.78 is 5.19. The summed E-state index contributed by atoms with van der Waals surface area (Å²) in [5, 5.41) is 0. The molecular formula is C16H24O2. The maximum absolute atomic E-state index is 11.3. The Bertz CT molecular complexity index is 319. The van der Waals surface area contributed by atoms with E-state index in [-0.39, 0.29) is 5.97 Å². The second kappa shape index (κ2) is 9.69. The van der Waals surface area contributed by atoms with Crippen LogP contribution in [0.25, 0.3) is 0 Å². The number of ether oxygens (including phenoxy) is 1. The molecule has 0 fully saturated rings. The molecule has 0 unspecified atom stereocenters. The van der Waals surface area contributed by atoms with Crippen molar-refractivity contribution < 1.29 is 9.53 Å². The number of esters is 1. The van der Waals surface area contributed by atoms with Crippen molar-refractivity contribution in [2.24, 2.45) is 0 Å². The molecule has 0 aliphatic rings. The number of rotatable bonds is 9. The van der Waals surface area contributed by atoms with Gasteiger partial charge in [-0.15, -0.1) is 0 Å². The summed E-state index contributed by atoms with van der Waals surface area (Å²) in [5.41, 5.74) is 1.35. The van der Waals surface area contributed by atoms with E-state index < -0.39 is 0 Å². The smallest absolute Gasteiger partial charge is 0.305 e. The number of carbonyl (C=O) groups excluding carboxylic acids is 1. The Kier molecular flexibility index (Phi) is 7.94. The van der Waals surface area contributed by atoms with Gasteiger partial charge in [0.25, 0.3) is 0 Å². The third kappa shape index (κ3) is 7.10. The van der Waals surface area contributed by atoms with Gasteiger partial charge >= 0.3 is 5.97 Å². The van der Waals surface area contributed by atoms with Crippen LogP contribution in [0.3, 0.4) is 0 Å². The van der Waals surface area contributed by atoms with Crippen molar-refractivity contribution in [2.75, 3.05) is 6.61 Å². The van der Waals surface area contributed by atoms with Gasteiger partial charge in [-0.1, -0.05) is 50.1 Å². The van der Waals surface area contributed by atoms with E-state index in [4.69, 9.17) is 4.74 Å². The predicted octanol–water partition coefficient (Wildman–Crippen LogP) is 4.13. The standard InChI is InChI=1S/C16H24O2/c1-2-3-5-13-16(17)18-14-9-8-12-15-10-6-4-7-11-15/h4,6-7,10-11H,2-3,5,8-9,12-14H2,1H3. The van der Waals surface area contributed by atoms with Gasteiger partial charge in [-0.05, 0) is 31.2 Å². The summed E-state index contributed by atoms with van der Waals surface area (Å²) in [4.78, 5) is 11.3. The van der Waals surface area contributed by atoms with Crippen molar-refractivity contribution in [1.82, 2.24) is 0 Å². The fourth-order valence-corrected chi connectivity index (χ4v) is 1.85. The highest BCUT2D eigenvalue weighted by atomic mass is 16.5. The van der Waals surface area contributed by atoms with E-state index in [0.29, 0.717) is 13.0 Å². The quantitative estimate of drug-likeness (QED) is 0.485. The molecule has 2 nitrogen and oxygen atoms in total. The minimum atomic E-state index is -0.0387. The van der Waals surface area contributed by atoms with Crippen LogP contribution in [-0.2, 0) is 16.0 Å². The first-order chi connectivity index (χ1) is 8.83. The number of hydrogen-bond donors (Lipinski definition) is 0. The first kappa shape index (κ1) is 14.7. The van der Waals surface area contributed by atoms with Crippen molar-refractivity contribution in [1.29, 1.82) is 0 Å². The Morgan fingerprint density at radius 2 is 1.83 bits per heavy atom. The number of hydrogen-bond acceptors (Lipinski definition) is 2. The molecule has 1 aromatic carbocycles. The van der Waals surface area contributed by atoms with Crippen molar-refractivity contribution in [3.05, 3.63) is 35.9 Å². The van der Waals surface area contributed by atoms with Gasteiger partial charge in [-0.25, -0.2) is 0 Å². The van der Waals surface area contributed by atoms with Crippen molar-refractivity contribution in [3.63, 3.8) is 0 Å². The normalized spacial score (nSPS) is 10.3. The highest BCUT2D eigenvalue weighted by molar-refractivity contribution is 5.69. The zero-order chi connectivity index (χ0) is 13.1. The van der Waals surface area contributed by atoms with Crippen LogP contribution in [0, 0.1) is 0 Å². The molecule has 0 aliphatic carbocycles. The molecule has 100 valence electrons. The fraction of sp³-hybridized carbons (Fsp3) is 0.562. The lowest BCUT2D eigenvalue weighted by Crippen LogP contribution is -2.05. The molecule has 0 N–H and O–H groups in total. The number of unbranched alkanes of at least 4 members (excludes halogenated alkanes) is 3.